The molecule has 2 rings (SSSR count). The van der Waals surface area contributed by atoms with Gasteiger partial charge in [-0.25, -0.2) is 4.39 Å². The standard InChI is InChI=1S/C14H13BrFN/c1-9-5-6-12(16)8-13(9)14(17)10-3-2-4-11(15)7-10/h2-8,14H,17H2,1H3. The van der Waals surface area contributed by atoms with Gasteiger partial charge < -0.3 is 5.73 Å². The van der Waals surface area contributed by atoms with Crippen LogP contribution in [0.1, 0.15) is 22.7 Å². The maximum absolute atomic E-state index is 13.2. The summed E-state index contributed by atoms with van der Waals surface area (Å²) in [4.78, 5) is 0. The summed E-state index contributed by atoms with van der Waals surface area (Å²) < 4.78 is 14.2. The van der Waals surface area contributed by atoms with E-state index in [2.05, 4.69) is 15.9 Å². The van der Waals surface area contributed by atoms with Gasteiger partial charge in [0.15, 0.2) is 0 Å². The minimum Gasteiger partial charge on any atom is -0.320 e. The fraction of sp³-hybridized carbons (Fsp3) is 0.143. The Morgan fingerprint density at radius 2 is 1.94 bits per heavy atom. The molecule has 0 radical (unpaired) electrons. The maximum Gasteiger partial charge on any atom is 0.123 e. The molecule has 2 N–H and O–H groups in total. The first-order chi connectivity index (χ1) is 8.08. The van der Waals surface area contributed by atoms with E-state index in [0.29, 0.717) is 0 Å². The Balaban J connectivity index is 2.43. The van der Waals surface area contributed by atoms with Crippen molar-refractivity contribution in [1.82, 2.24) is 0 Å². The highest BCUT2D eigenvalue weighted by molar-refractivity contribution is 9.10. The first-order valence-electron chi connectivity index (χ1n) is 5.35. The fourth-order valence-electron chi connectivity index (χ4n) is 1.83. The molecule has 88 valence electrons. The lowest BCUT2D eigenvalue weighted by Crippen LogP contribution is -2.13. The topological polar surface area (TPSA) is 26.0 Å². The third kappa shape index (κ3) is 2.73. The predicted octanol–water partition coefficient (Wildman–Crippen LogP) is 3.94. The molecule has 1 atom stereocenters. The molecule has 0 heterocycles. The van der Waals surface area contributed by atoms with Crippen LogP contribution in [0.5, 0.6) is 0 Å². The summed E-state index contributed by atoms with van der Waals surface area (Å²) in [5.41, 5.74) is 8.95. The van der Waals surface area contributed by atoms with Crippen LogP contribution < -0.4 is 5.73 Å². The summed E-state index contributed by atoms with van der Waals surface area (Å²) in [6.07, 6.45) is 0. The van der Waals surface area contributed by atoms with E-state index in [1.807, 2.05) is 31.2 Å². The Morgan fingerprint density at radius 1 is 1.18 bits per heavy atom. The highest BCUT2D eigenvalue weighted by Gasteiger charge is 2.12. The molecule has 0 aliphatic heterocycles. The second-order valence-corrected chi connectivity index (χ2v) is 4.95. The summed E-state index contributed by atoms with van der Waals surface area (Å²) in [6.45, 7) is 1.94. The van der Waals surface area contributed by atoms with Gasteiger partial charge in [0.05, 0.1) is 6.04 Å². The van der Waals surface area contributed by atoms with Gasteiger partial charge in [0.2, 0.25) is 0 Å². The Morgan fingerprint density at radius 3 is 2.65 bits per heavy atom. The lowest BCUT2D eigenvalue weighted by molar-refractivity contribution is 0.622. The van der Waals surface area contributed by atoms with E-state index >= 15 is 0 Å². The van der Waals surface area contributed by atoms with Gasteiger partial charge in [-0.2, -0.15) is 0 Å². The second kappa shape index (κ2) is 4.98. The van der Waals surface area contributed by atoms with E-state index in [1.54, 1.807) is 6.07 Å². The summed E-state index contributed by atoms with van der Waals surface area (Å²) in [7, 11) is 0. The number of hydrogen-bond donors (Lipinski definition) is 1. The van der Waals surface area contributed by atoms with E-state index in [-0.39, 0.29) is 11.9 Å². The molecule has 3 heteroatoms. The van der Waals surface area contributed by atoms with Crippen LogP contribution in [0, 0.1) is 12.7 Å². The third-order valence-electron chi connectivity index (χ3n) is 2.78. The van der Waals surface area contributed by atoms with Crippen molar-refractivity contribution in [1.29, 1.82) is 0 Å². The monoisotopic (exact) mass is 293 g/mol. The lowest BCUT2D eigenvalue weighted by Gasteiger charge is -2.15. The van der Waals surface area contributed by atoms with Crippen LogP contribution in [0.15, 0.2) is 46.9 Å². The van der Waals surface area contributed by atoms with Gasteiger partial charge in [0, 0.05) is 4.47 Å². The van der Waals surface area contributed by atoms with Crippen molar-refractivity contribution in [3.63, 3.8) is 0 Å². The Hall–Kier alpha value is -1.19. The summed E-state index contributed by atoms with van der Waals surface area (Å²) in [6, 6.07) is 12.2. The van der Waals surface area contributed by atoms with Gasteiger partial charge in [-0.05, 0) is 47.9 Å². The number of nitrogens with two attached hydrogens (primary N) is 1. The average Bonchev–Trinajstić information content (AvgIpc) is 2.31. The molecule has 0 fully saturated rings. The first kappa shape index (κ1) is 12.3. The minimum absolute atomic E-state index is 0.254. The number of hydrogen-bond acceptors (Lipinski definition) is 1. The van der Waals surface area contributed by atoms with Crippen LogP contribution >= 0.6 is 15.9 Å². The highest BCUT2D eigenvalue weighted by Crippen LogP contribution is 2.25. The number of aryl methyl sites for hydroxylation is 1. The van der Waals surface area contributed by atoms with Gasteiger partial charge in [-0.15, -0.1) is 0 Å². The maximum atomic E-state index is 13.2. The van der Waals surface area contributed by atoms with Crippen LogP contribution in [0.4, 0.5) is 4.39 Å². The summed E-state index contributed by atoms with van der Waals surface area (Å²) in [5, 5.41) is 0. The molecule has 0 saturated carbocycles. The molecule has 0 amide bonds. The van der Waals surface area contributed by atoms with Crippen molar-refractivity contribution in [2.24, 2.45) is 5.73 Å². The largest absolute Gasteiger partial charge is 0.320 e. The minimum atomic E-state index is -0.303. The third-order valence-corrected chi connectivity index (χ3v) is 3.28. The average molecular weight is 294 g/mol. The number of benzene rings is 2. The summed E-state index contributed by atoms with van der Waals surface area (Å²) >= 11 is 3.41. The molecule has 2 aromatic carbocycles. The highest BCUT2D eigenvalue weighted by atomic mass is 79.9. The van der Waals surface area contributed by atoms with Crippen molar-refractivity contribution < 1.29 is 4.39 Å². The molecule has 2 aromatic rings. The van der Waals surface area contributed by atoms with Crippen molar-refractivity contribution in [3.05, 3.63) is 69.4 Å². The molecule has 0 aliphatic rings. The Labute approximate surface area is 109 Å². The zero-order chi connectivity index (χ0) is 12.4. The lowest BCUT2D eigenvalue weighted by atomic mass is 9.96. The van der Waals surface area contributed by atoms with Gasteiger partial charge in [0.1, 0.15) is 5.82 Å². The SMILES string of the molecule is Cc1ccc(F)cc1C(N)c1cccc(Br)c1. The van der Waals surface area contributed by atoms with E-state index in [1.165, 1.54) is 12.1 Å². The summed E-state index contributed by atoms with van der Waals surface area (Å²) in [5.74, 6) is -0.254. The number of rotatable bonds is 2. The van der Waals surface area contributed by atoms with Crippen molar-refractivity contribution >= 4 is 15.9 Å². The van der Waals surface area contributed by atoms with Gasteiger partial charge in [0.25, 0.3) is 0 Å². The molecular formula is C14H13BrFN. The molecule has 0 spiro atoms. The quantitative estimate of drug-likeness (QED) is 0.892. The van der Waals surface area contributed by atoms with Crippen LogP contribution in [-0.2, 0) is 0 Å². The normalized spacial score (nSPS) is 12.5. The van der Waals surface area contributed by atoms with Gasteiger partial charge in [-0.1, -0.05) is 34.1 Å². The molecule has 17 heavy (non-hydrogen) atoms. The van der Waals surface area contributed by atoms with Crippen molar-refractivity contribution in [2.45, 2.75) is 13.0 Å². The molecule has 0 bridgehead atoms. The molecular weight excluding hydrogens is 281 g/mol. The zero-order valence-corrected chi connectivity index (χ0v) is 11.0. The van der Waals surface area contributed by atoms with E-state index in [9.17, 15) is 4.39 Å². The smallest absolute Gasteiger partial charge is 0.123 e. The molecule has 0 aromatic heterocycles. The molecule has 0 saturated heterocycles. The van der Waals surface area contributed by atoms with E-state index in [4.69, 9.17) is 5.73 Å². The van der Waals surface area contributed by atoms with Gasteiger partial charge in [-0.3, -0.25) is 0 Å². The van der Waals surface area contributed by atoms with Crippen LogP contribution in [-0.4, -0.2) is 0 Å². The van der Waals surface area contributed by atoms with Crippen LogP contribution in [0.25, 0.3) is 0 Å². The van der Waals surface area contributed by atoms with Crippen LogP contribution in [0.3, 0.4) is 0 Å². The Kier molecular flexibility index (Phi) is 3.60. The predicted molar refractivity (Wildman–Crippen MR) is 71.3 cm³/mol. The molecule has 0 aliphatic carbocycles. The number of halogens is 2. The Bertz CT molecular complexity index is 539. The zero-order valence-electron chi connectivity index (χ0n) is 9.45. The second-order valence-electron chi connectivity index (χ2n) is 4.03. The fourth-order valence-corrected chi connectivity index (χ4v) is 2.24. The van der Waals surface area contributed by atoms with E-state index in [0.717, 1.165) is 21.2 Å². The van der Waals surface area contributed by atoms with Crippen molar-refractivity contribution in [3.8, 4) is 0 Å². The molecule has 1 unspecified atom stereocenters. The first-order valence-corrected chi connectivity index (χ1v) is 6.14. The van der Waals surface area contributed by atoms with Crippen LogP contribution in [0.2, 0.25) is 0 Å². The van der Waals surface area contributed by atoms with Crippen molar-refractivity contribution in [2.75, 3.05) is 0 Å². The van der Waals surface area contributed by atoms with Gasteiger partial charge >= 0.3 is 0 Å². The van der Waals surface area contributed by atoms with E-state index < -0.39 is 0 Å². The molecule has 1 nitrogen and oxygen atoms in total.